The van der Waals surface area contributed by atoms with Crippen molar-refractivity contribution in [3.8, 4) is 0 Å². The van der Waals surface area contributed by atoms with Gasteiger partial charge in [0.2, 0.25) is 0 Å². The van der Waals surface area contributed by atoms with Gasteiger partial charge >= 0.3 is 0 Å². The summed E-state index contributed by atoms with van der Waals surface area (Å²) in [5.74, 6) is 0.600. The normalized spacial score (nSPS) is 19.8. The molecule has 0 bridgehead atoms. The molecule has 0 saturated carbocycles. The van der Waals surface area contributed by atoms with Gasteiger partial charge in [-0.1, -0.05) is 0 Å². The minimum absolute atomic E-state index is 0.124. The van der Waals surface area contributed by atoms with E-state index in [1.807, 2.05) is 11.3 Å². The highest BCUT2D eigenvalue weighted by Crippen LogP contribution is 2.24. The number of hydrogen-bond acceptors (Lipinski definition) is 5. The Bertz CT molecular complexity index is 571. The molecule has 2 heterocycles. The molecule has 1 aromatic heterocycles. The predicted octanol–water partition coefficient (Wildman–Crippen LogP) is 2.18. The molecule has 0 atom stereocenters. The molecule has 1 saturated heterocycles. The van der Waals surface area contributed by atoms with E-state index in [9.17, 15) is 8.42 Å². The molecule has 1 N–H and O–H groups in total. The SMILES string of the molecule is Cc1sc(CNC(C)(C)C)cc1CN1CCS(=O)(=O)CC1. The van der Waals surface area contributed by atoms with Crippen molar-refractivity contribution in [2.75, 3.05) is 24.6 Å². The van der Waals surface area contributed by atoms with Gasteiger partial charge in [0, 0.05) is 41.5 Å². The molecule has 4 nitrogen and oxygen atoms in total. The topological polar surface area (TPSA) is 49.4 Å². The van der Waals surface area contributed by atoms with Crippen molar-refractivity contribution in [1.29, 1.82) is 0 Å². The number of nitrogens with zero attached hydrogens (tertiary/aromatic N) is 1. The highest BCUT2D eigenvalue weighted by atomic mass is 32.2. The van der Waals surface area contributed by atoms with Gasteiger partial charge in [0.05, 0.1) is 11.5 Å². The first-order valence-corrected chi connectivity index (χ1v) is 10.0. The van der Waals surface area contributed by atoms with E-state index in [-0.39, 0.29) is 5.54 Å². The lowest BCUT2D eigenvalue weighted by molar-refractivity contribution is 0.287. The van der Waals surface area contributed by atoms with Gasteiger partial charge in [0.25, 0.3) is 0 Å². The van der Waals surface area contributed by atoms with Gasteiger partial charge in [-0.05, 0) is 39.3 Å². The highest BCUT2D eigenvalue weighted by molar-refractivity contribution is 7.91. The molecule has 2 rings (SSSR count). The molecule has 1 fully saturated rings. The molecule has 0 unspecified atom stereocenters. The number of rotatable bonds is 4. The Morgan fingerprint density at radius 2 is 1.90 bits per heavy atom. The van der Waals surface area contributed by atoms with Gasteiger partial charge in [-0.2, -0.15) is 0 Å². The molecule has 0 amide bonds. The lowest BCUT2D eigenvalue weighted by Crippen LogP contribution is -2.39. The first kappa shape index (κ1) is 16.9. The van der Waals surface area contributed by atoms with Crippen molar-refractivity contribution in [2.24, 2.45) is 0 Å². The Kier molecular flexibility index (Phi) is 5.13. The van der Waals surface area contributed by atoms with Crippen LogP contribution in [0.5, 0.6) is 0 Å². The van der Waals surface area contributed by atoms with Crippen LogP contribution in [0.2, 0.25) is 0 Å². The summed E-state index contributed by atoms with van der Waals surface area (Å²) in [6.07, 6.45) is 0. The summed E-state index contributed by atoms with van der Waals surface area (Å²) >= 11 is 1.84. The van der Waals surface area contributed by atoms with E-state index < -0.39 is 9.84 Å². The van der Waals surface area contributed by atoms with Crippen molar-refractivity contribution in [3.05, 3.63) is 21.4 Å². The van der Waals surface area contributed by atoms with E-state index in [0.717, 1.165) is 13.1 Å². The molecule has 0 spiro atoms. The Hall–Kier alpha value is -0.430. The van der Waals surface area contributed by atoms with Crippen LogP contribution in [0.15, 0.2) is 6.07 Å². The monoisotopic (exact) mass is 330 g/mol. The van der Waals surface area contributed by atoms with Crippen molar-refractivity contribution < 1.29 is 8.42 Å². The van der Waals surface area contributed by atoms with Crippen LogP contribution in [0.3, 0.4) is 0 Å². The smallest absolute Gasteiger partial charge is 0.152 e. The molecule has 6 heteroatoms. The second-order valence-corrected chi connectivity index (χ2v) is 10.5. The summed E-state index contributed by atoms with van der Waals surface area (Å²) in [6.45, 7) is 11.7. The van der Waals surface area contributed by atoms with E-state index in [0.29, 0.717) is 24.6 Å². The summed E-state index contributed by atoms with van der Waals surface area (Å²) in [5, 5.41) is 3.51. The average molecular weight is 331 g/mol. The lowest BCUT2D eigenvalue weighted by atomic mass is 10.1. The first-order valence-electron chi connectivity index (χ1n) is 7.41. The number of nitrogens with one attached hydrogen (secondary N) is 1. The van der Waals surface area contributed by atoms with Crippen molar-refractivity contribution in [2.45, 2.75) is 46.3 Å². The maximum absolute atomic E-state index is 11.5. The average Bonchev–Trinajstić information content (AvgIpc) is 2.70. The summed E-state index contributed by atoms with van der Waals surface area (Å²) in [7, 11) is -2.79. The van der Waals surface area contributed by atoms with E-state index in [4.69, 9.17) is 0 Å². The summed E-state index contributed by atoms with van der Waals surface area (Å²) in [6, 6.07) is 2.27. The third-order valence-corrected chi connectivity index (χ3v) is 6.40. The van der Waals surface area contributed by atoms with Gasteiger partial charge in [-0.3, -0.25) is 4.90 Å². The van der Waals surface area contributed by atoms with E-state index in [2.05, 4.69) is 44.0 Å². The summed E-state index contributed by atoms with van der Waals surface area (Å²) < 4.78 is 22.9. The first-order chi connectivity index (χ1) is 9.65. The molecular weight excluding hydrogens is 304 g/mol. The van der Waals surface area contributed by atoms with Crippen LogP contribution in [0.25, 0.3) is 0 Å². The molecule has 0 radical (unpaired) electrons. The van der Waals surface area contributed by atoms with Crippen molar-refractivity contribution in [3.63, 3.8) is 0 Å². The second kappa shape index (κ2) is 6.36. The molecule has 120 valence electrons. The van der Waals surface area contributed by atoms with Crippen LogP contribution in [0, 0.1) is 6.92 Å². The zero-order valence-electron chi connectivity index (χ0n) is 13.4. The number of hydrogen-bond donors (Lipinski definition) is 1. The maximum atomic E-state index is 11.5. The second-order valence-electron chi connectivity index (χ2n) is 6.83. The molecule has 1 aromatic rings. The summed E-state index contributed by atoms with van der Waals surface area (Å²) in [4.78, 5) is 4.94. The molecule has 1 aliphatic heterocycles. The molecule has 0 aromatic carbocycles. The molecule has 21 heavy (non-hydrogen) atoms. The summed E-state index contributed by atoms with van der Waals surface area (Å²) in [5.41, 5.74) is 1.46. The Labute approximate surface area is 132 Å². The number of thiophene rings is 1. The van der Waals surface area contributed by atoms with Crippen LogP contribution in [0.4, 0.5) is 0 Å². The highest BCUT2D eigenvalue weighted by Gasteiger charge is 2.22. The minimum atomic E-state index is -2.79. The number of aryl methyl sites for hydroxylation is 1. The van der Waals surface area contributed by atoms with Gasteiger partial charge in [0.15, 0.2) is 9.84 Å². The molecular formula is C15H26N2O2S2. The largest absolute Gasteiger partial charge is 0.307 e. The standard InChI is InChI=1S/C15H26N2O2S2/c1-12-13(9-14(20-12)10-16-15(2,3)4)11-17-5-7-21(18,19)8-6-17/h9,16H,5-8,10-11H2,1-4H3. The van der Waals surface area contributed by atoms with Crippen LogP contribution >= 0.6 is 11.3 Å². The van der Waals surface area contributed by atoms with Crippen LogP contribution in [-0.2, 0) is 22.9 Å². The van der Waals surface area contributed by atoms with E-state index >= 15 is 0 Å². The Balaban J connectivity index is 1.94. The van der Waals surface area contributed by atoms with Crippen molar-refractivity contribution in [1.82, 2.24) is 10.2 Å². The number of sulfone groups is 1. The fourth-order valence-electron chi connectivity index (χ4n) is 2.33. The van der Waals surface area contributed by atoms with Gasteiger partial charge in [-0.25, -0.2) is 8.42 Å². The van der Waals surface area contributed by atoms with E-state index in [1.165, 1.54) is 15.3 Å². The predicted molar refractivity (Wildman–Crippen MR) is 89.6 cm³/mol. The zero-order valence-corrected chi connectivity index (χ0v) is 15.0. The van der Waals surface area contributed by atoms with Gasteiger partial charge in [-0.15, -0.1) is 11.3 Å². The lowest BCUT2D eigenvalue weighted by Gasteiger charge is -2.26. The quantitative estimate of drug-likeness (QED) is 0.919. The molecule has 0 aliphatic carbocycles. The third-order valence-electron chi connectivity index (χ3n) is 3.70. The van der Waals surface area contributed by atoms with Crippen LogP contribution < -0.4 is 5.32 Å². The third kappa shape index (κ3) is 5.36. The van der Waals surface area contributed by atoms with Crippen LogP contribution in [-0.4, -0.2) is 43.5 Å². The minimum Gasteiger partial charge on any atom is -0.307 e. The van der Waals surface area contributed by atoms with Crippen molar-refractivity contribution >= 4 is 21.2 Å². The fraction of sp³-hybridized carbons (Fsp3) is 0.733. The Morgan fingerprint density at radius 1 is 1.29 bits per heavy atom. The van der Waals surface area contributed by atoms with Crippen LogP contribution in [0.1, 0.15) is 36.1 Å². The molecule has 1 aliphatic rings. The Morgan fingerprint density at radius 3 is 2.48 bits per heavy atom. The fourth-order valence-corrected chi connectivity index (χ4v) is 4.60. The zero-order chi connectivity index (χ0) is 15.7. The van der Waals surface area contributed by atoms with Gasteiger partial charge in [0.1, 0.15) is 0 Å². The maximum Gasteiger partial charge on any atom is 0.152 e. The van der Waals surface area contributed by atoms with E-state index in [1.54, 1.807) is 0 Å². The van der Waals surface area contributed by atoms with Gasteiger partial charge < -0.3 is 5.32 Å².